The van der Waals surface area contributed by atoms with Crippen molar-refractivity contribution in [2.75, 3.05) is 0 Å². The highest BCUT2D eigenvalue weighted by atomic mass is 15.1. The first kappa shape index (κ1) is 19.6. The minimum absolute atomic E-state index is 0.188. The Bertz CT molecular complexity index is 2510. The van der Waals surface area contributed by atoms with Crippen molar-refractivity contribution in [3.63, 3.8) is 0 Å². The molecule has 8 aromatic rings. The van der Waals surface area contributed by atoms with E-state index in [0.717, 1.165) is 66.3 Å². The third-order valence-corrected chi connectivity index (χ3v) is 8.02. The zero-order chi connectivity index (χ0) is 32.4. The molecule has 0 saturated carbocycles. The Kier molecular flexibility index (Phi) is 4.60. The van der Waals surface area contributed by atoms with Crippen LogP contribution in [-0.4, -0.2) is 9.55 Å². The largest absolute Gasteiger partial charge is 0.296 e. The molecule has 0 saturated heterocycles. The van der Waals surface area contributed by atoms with Crippen LogP contribution in [-0.2, 0) is 0 Å². The number of fused-ring (bicyclic) bond motifs is 3. The van der Waals surface area contributed by atoms with Crippen LogP contribution < -0.4 is 0 Å². The average molecular weight is 542 g/mol. The number of benzene rings is 7. The fourth-order valence-corrected chi connectivity index (χ4v) is 6.26. The second kappa shape index (κ2) is 9.87. The number of imidazole rings is 1. The number of aryl methyl sites for hydroxylation is 1. The molecule has 8 rings (SSSR count). The molecule has 0 atom stereocenters. The van der Waals surface area contributed by atoms with Crippen LogP contribution in [0.15, 0.2) is 152 Å². The third kappa shape index (κ3) is 3.84. The maximum atomic E-state index is 8.72. The van der Waals surface area contributed by atoms with E-state index in [1.54, 1.807) is 0 Å². The van der Waals surface area contributed by atoms with Crippen LogP contribution in [0.1, 0.15) is 12.7 Å². The van der Waals surface area contributed by atoms with E-state index in [1.165, 1.54) is 0 Å². The molecular weight excluding hydrogens is 508 g/mol. The van der Waals surface area contributed by atoms with Gasteiger partial charge in [0.25, 0.3) is 0 Å². The first-order valence-electron chi connectivity index (χ1n) is 16.5. The van der Waals surface area contributed by atoms with Gasteiger partial charge >= 0.3 is 0 Å². The molecule has 1 aromatic heterocycles. The van der Waals surface area contributed by atoms with E-state index in [0.29, 0.717) is 5.56 Å². The first-order chi connectivity index (χ1) is 22.8. The third-order valence-electron chi connectivity index (χ3n) is 8.02. The summed E-state index contributed by atoms with van der Waals surface area (Å²) in [7, 11) is 0. The Morgan fingerprint density at radius 3 is 2.05 bits per heavy atom. The Labute approximate surface area is 252 Å². The van der Waals surface area contributed by atoms with E-state index in [2.05, 4.69) is 59.2 Å². The van der Waals surface area contributed by atoms with Gasteiger partial charge in [0.05, 0.1) is 23.6 Å². The van der Waals surface area contributed by atoms with E-state index in [9.17, 15) is 0 Å². The summed E-state index contributed by atoms with van der Waals surface area (Å²) >= 11 is 0. The Hall–Kier alpha value is -5.47. The summed E-state index contributed by atoms with van der Waals surface area (Å²) in [6, 6.07) is 39.5. The molecule has 2 heteroatoms. The van der Waals surface area contributed by atoms with Crippen LogP contribution in [0.2, 0.25) is 0 Å². The Balaban J connectivity index is 1.53. The monoisotopic (exact) mass is 541 g/mol. The molecule has 1 heterocycles. The van der Waals surface area contributed by atoms with Gasteiger partial charge in [0.15, 0.2) is 0 Å². The summed E-state index contributed by atoms with van der Waals surface area (Å²) < 4.78 is 44.4. The van der Waals surface area contributed by atoms with Crippen molar-refractivity contribution in [2.24, 2.45) is 0 Å². The summed E-state index contributed by atoms with van der Waals surface area (Å²) in [6.07, 6.45) is 0. The van der Waals surface area contributed by atoms with Crippen LogP contribution in [0.4, 0.5) is 0 Å². The molecule has 0 aliphatic carbocycles. The molecule has 198 valence electrons. The summed E-state index contributed by atoms with van der Waals surface area (Å²) in [5.74, 6) is 0.886. The number of aromatic nitrogens is 2. The zero-order valence-electron chi connectivity index (χ0n) is 27.9. The van der Waals surface area contributed by atoms with Crippen molar-refractivity contribution < 1.29 is 6.85 Å². The van der Waals surface area contributed by atoms with Crippen molar-refractivity contribution in [3.05, 3.63) is 157 Å². The predicted octanol–water partition coefficient (Wildman–Crippen LogP) is 10.6. The highest BCUT2D eigenvalue weighted by molar-refractivity contribution is 6.22. The fraction of sp³-hybridized carbons (Fsp3) is 0.0250. The minimum atomic E-state index is -0.401. The molecule has 0 unspecified atom stereocenters. The molecule has 0 radical (unpaired) electrons. The van der Waals surface area contributed by atoms with E-state index < -0.39 is 6.04 Å². The normalized spacial score (nSPS) is 13.1. The van der Waals surface area contributed by atoms with Crippen LogP contribution in [0.5, 0.6) is 0 Å². The molecule has 2 nitrogen and oxygen atoms in total. The molecule has 0 fully saturated rings. The standard InChI is InChI=1S/C40H28N2/c1-27-41-36-21-11-13-23-38(36)42(27)37-22-12-10-20-34(37)40-32-19-9-8-18-31(32)39(29-16-6-3-7-17-29)35-26-30(24-25-33(35)40)28-14-4-2-5-15-28/h2-26H,1H3/i2D,4D,5D,14D,15D. The van der Waals surface area contributed by atoms with E-state index in [-0.39, 0.29) is 29.7 Å². The first-order valence-corrected chi connectivity index (χ1v) is 14.0. The molecule has 0 N–H and O–H groups in total. The lowest BCUT2D eigenvalue weighted by molar-refractivity contribution is 1.00. The van der Waals surface area contributed by atoms with Gasteiger partial charge < -0.3 is 0 Å². The SMILES string of the molecule is [2H]c1c([2H])c([2H])c(-c2ccc3c(-c4ccccc4-n4c(C)nc5ccccc54)c4ccccc4c(-c4ccccc4)c3c2)c([2H])c1[2H]. The van der Waals surface area contributed by atoms with Gasteiger partial charge in [0.1, 0.15) is 5.82 Å². The molecule has 0 aliphatic heterocycles. The van der Waals surface area contributed by atoms with Gasteiger partial charge in [-0.2, -0.15) is 0 Å². The number of hydrogen-bond acceptors (Lipinski definition) is 1. The summed E-state index contributed by atoms with van der Waals surface area (Å²) in [4.78, 5) is 4.87. The quantitative estimate of drug-likeness (QED) is 0.203. The van der Waals surface area contributed by atoms with E-state index in [1.807, 2.05) is 73.7 Å². The topological polar surface area (TPSA) is 17.8 Å². The van der Waals surface area contributed by atoms with E-state index in [4.69, 9.17) is 11.8 Å². The molecule has 0 aliphatic rings. The van der Waals surface area contributed by atoms with Gasteiger partial charge in [0.2, 0.25) is 0 Å². The van der Waals surface area contributed by atoms with Gasteiger partial charge in [-0.1, -0.05) is 127 Å². The van der Waals surface area contributed by atoms with Gasteiger partial charge in [0, 0.05) is 5.56 Å². The molecular formula is C40H28N2. The predicted molar refractivity (Wildman–Crippen MR) is 177 cm³/mol. The maximum absolute atomic E-state index is 8.72. The van der Waals surface area contributed by atoms with E-state index >= 15 is 0 Å². The minimum Gasteiger partial charge on any atom is -0.296 e. The van der Waals surface area contributed by atoms with Crippen LogP contribution in [0, 0.1) is 6.92 Å². The summed E-state index contributed by atoms with van der Waals surface area (Å²) in [5, 5.41) is 4.06. The van der Waals surface area contributed by atoms with Crippen molar-refractivity contribution in [1.82, 2.24) is 9.55 Å². The van der Waals surface area contributed by atoms with Crippen molar-refractivity contribution in [1.29, 1.82) is 0 Å². The Morgan fingerprint density at radius 1 is 0.548 bits per heavy atom. The summed E-state index contributed by atoms with van der Waals surface area (Å²) in [5.41, 5.74) is 7.86. The second-order valence-electron chi connectivity index (χ2n) is 10.4. The van der Waals surface area contributed by atoms with Crippen molar-refractivity contribution in [2.45, 2.75) is 6.92 Å². The number of para-hydroxylation sites is 3. The highest BCUT2D eigenvalue weighted by Crippen LogP contribution is 2.46. The fourth-order valence-electron chi connectivity index (χ4n) is 6.26. The van der Waals surface area contributed by atoms with Crippen LogP contribution in [0.3, 0.4) is 0 Å². The van der Waals surface area contributed by atoms with Crippen molar-refractivity contribution >= 4 is 32.6 Å². The highest BCUT2D eigenvalue weighted by Gasteiger charge is 2.20. The second-order valence-corrected chi connectivity index (χ2v) is 10.4. The smallest absolute Gasteiger partial charge is 0.111 e. The summed E-state index contributed by atoms with van der Waals surface area (Å²) in [6.45, 7) is 2.03. The zero-order valence-corrected chi connectivity index (χ0v) is 22.9. The Morgan fingerprint density at radius 2 is 1.21 bits per heavy atom. The van der Waals surface area contributed by atoms with Gasteiger partial charge in [-0.3, -0.25) is 4.57 Å². The lowest BCUT2D eigenvalue weighted by Gasteiger charge is -2.21. The van der Waals surface area contributed by atoms with Crippen molar-refractivity contribution in [3.8, 4) is 39.1 Å². The molecule has 7 aromatic carbocycles. The molecule has 0 spiro atoms. The molecule has 0 bridgehead atoms. The molecule has 0 amide bonds. The van der Waals surface area contributed by atoms with Crippen LogP contribution >= 0.6 is 0 Å². The van der Waals surface area contributed by atoms with Gasteiger partial charge in [-0.15, -0.1) is 0 Å². The maximum Gasteiger partial charge on any atom is 0.111 e. The van der Waals surface area contributed by atoms with Gasteiger partial charge in [-0.25, -0.2) is 4.98 Å². The number of rotatable bonds is 4. The van der Waals surface area contributed by atoms with Gasteiger partial charge in [-0.05, 0) is 80.6 Å². The lowest BCUT2D eigenvalue weighted by Crippen LogP contribution is -2.00. The molecule has 42 heavy (non-hydrogen) atoms. The average Bonchev–Trinajstić information content (AvgIpc) is 3.44. The number of nitrogens with zero attached hydrogens (tertiary/aromatic N) is 2. The number of hydrogen-bond donors (Lipinski definition) is 0. The van der Waals surface area contributed by atoms with Crippen LogP contribution in [0.25, 0.3) is 71.6 Å². The lowest BCUT2D eigenvalue weighted by atomic mass is 9.84.